The zero-order valence-electron chi connectivity index (χ0n) is 16.8. The van der Waals surface area contributed by atoms with E-state index >= 15 is 0 Å². The lowest BCUT2D eigenvalue weighted by molar-refractivity contribution is -0.140. The fourth-order valence-corrected chi connectivity index (χ4v) is 3.39. The molecule has 0 unspecified atom stereocenters. The average Bonchev–Trinajstić information content (AvgIpc) is 3.17. The molecular formula is C19H25F3N4O2S. The van der Waals surface area contributed by atoms with E-state index in [0.29, 0.717) is 48.5 Å². The molecule has 0 aliphatic heterocycles. The maximum atomic E-state index is 12.7. The Labute approximate surface area is 172 Å². The van der Waals surface area contributed by atoms with Gasteiger partial charge < -0.3 is 19.7 Å². The Morgan fingerprint density at radius 3 is 2.62 bits per heavy atom. The van der Waals surface area contributed by atoms with Gasteiger partial charge in [0.1, 0.15) is 11.5 Å². The van der Waals surface area contributed by atoms with E-state index in [1.807, 2.05) is 37.1 Å². The van der Waals surface area contributed by atoms with Crippen molar-refractivity contribution in [3.63, 3.8) is 0 Å². The summed E-state index contributed by atoms with van der Waals surface area (Å²) >= 11 is 0.998. The van der Waals surface area contributed by atoms with E-state index < -0.39 is 11.9 Å². The Balaban J connectivity index is 2.05. The maximum Gasteiger partial charge on any atom is 0.434 e. The van der Waals surface area contributed by atoms with Crippen molar-refractivity contribution in [2.24, 2.45) is 4.99 Å². The quantitative estimate of drug-likeness (QED) is 0.510. The molecule has 0 radical (unpaired) electrons. The third-order valence-electron chi connectivity index (χ3n) is 4.03. The van der Waals surface area contributed by atoms with Crippen molar-refractivity contribution in [1.29, 1.82) is 0 Å². The molecule has 0 aliphatic carbocycles. The largest absolute Gasteiger partial charge is 0.497 e. The van der Waals surface area contributed by atoms with E-state index in [-0.39, 0.29) is 0 Å². The highest BCUT2D eigenvalue weighted by Crippen LogP contribution is 2.30. The molecule has 6 nitrogen and oxygen atoms in total. The van der Waals surface area contributed by atoms with Gasteiger partial charge in [0.2, 0.25) is 0 Å². The van der Waals surface area contributed by atoms with Crippen LogP contribution in [0.3, 0.4) is 0 Å². The first-order chi connectivity index (χ1) is 13.8. The van der Waals surface area contributed by atoms with Gasteiger partial charge in [0.15, 0.2) is 11.7 Å². The second kappa shape index (κ2) is 10.3. The van der Waals surface area contributed by atoms with E-state index in [4.69, 9.17) is 9.47 Å². The first-order valence-corrected chi connectivity index (χ1v) is 9.88. The molecule has 2 aromatic rings. The van der Waals surface area contributed by atoms with Crippen LogP contribution in [0, 0.1) is 0 Å². The van der Waals surface area contributed by atoms with Crippen molar-refractivity contribution in [3.8, 4) is 11.5 Å². The molecule has 10 heteroatoms. The molecule has 0 atom stereocenters. The number of thiazole rings is 1. The highest BCUT2D eigenvalue weighted by molar-refractivity contribution is 7.09. The fraction of sp³-hybridized carbons (Fsp3) is 0.474. The number of halogens is 3. The Kier molecular flexibility index (Phi) is 8.12. The summed E-state index contributed by atoms with van der Waals surface area (Å²) in [5.41, 5.74) is 0.105. The van der Waals surface area contributed by atoms with Gasteiger partial charge >= 0.3 is 6.18 Å². The van der Waals surface area contributed by atoms with Crippen LogP contribution in [0.5, 0.6) is 11.5 Å². The van der Waals surface area contributed by atoms with Gasteiger partial charge in [-0.1, -0.05) is 0 Å². The number of ether oxygens (including phenoxy) is 2. The van der Waals surface area contributed by atoms with E-state index in [1.165, 1.54) is 0 Å². The zero-order valence-corrected chi connectivity index (χ0v) is 17.7. The zero-order chi connectivity index (χ0) is 21.4. The van der Waals surface area contributed by atoms with Gasteiger partial charge in [-0.2, -0.15) is 13.2 Å². The molecule has 1 aromatic carbocycles. The molecule has 2 rings (SSSR count). The van der Waals surface area contributed by atoms with Crippen molar-refractivity contribution < 1.29 is 22.6 Å². The highest BCUT2D eigenvalue weighted by Gasteiger charge is 2.33. The van der Waals surface area contributed by atoms with Gasteiger partial charge in [0.05, 0.1) is 19.2 Å². The molecule has 160 valence electrons. The van der Waals surface area contributed by atoms with Crippen LogP contribution in [0.1, 0.15) is 23.2 Å². The van der Waals surface area contributed by atoms with Gasteiger partial charge in [-0.05, 0) is 19.1 Å². The summed E-state index contributed by atoms with van der Waals surface area (Å²) in [4.78, 5) is 10.1. The van der Waals surface area contributed by atoms with Crippen molar-refractivity contribution in [3.05, 3.63) is 39.8 Å². The summed E-state index contributed by atoms with van der Waals surface area (Å²) in [7, 11) is 5.08. The number of nitrogens with one attached hydrogen (secondary N) is 1. The normalized spacial score (nSPS) is 12.0. The van der Waals surface area contributed by atoms with E-state index in [2.05, 4.69) is 15.3 Å². The number of rotatable bonds is 8. The SMILES string of the molecule is CCNC(=NCCc1nc(C(F)(F)F)cs1)N(C)Cc1ccc(OC)cc1OC. The third kappa shape index (κ3) is 6.52. The lowest BCUT2D eigenvalue weighted by Gasteiger charge is -2.23. The van der Waals surface area contributed by atoms with E-state index in [1.54, 1.807) is 14.2 Å². The lowest BCUT2D eigenvalue weighted by Crippen LogP contribution is -2.38. The molecule has 29 heavy (non-hydrogen) atoms. The number of benzene rings is 1. The summed E-state index contributed by atoms with van der Waals surface area (Å²) in [5, 5.41) is 4.64. The van der Waals surface area contributed by atoms with Crippen LogP contribution in [-0.4, -0.2) is 50.2 Å². The first kappa shape index (κ1) is 22.8. The van der Waals surface area contributed by atoms with Crippen LogP contribution in [0.2, 0.25) is 0 Å². The minimum atomic E-state index is -4.41. The van der Waals surface area contributed by atoms with Crippen LogP contribution < -0.4 is 14.8 Å². The summed E-state index contributed by atoms with van der Waals surface area (Å²) in [6.45, 7) is 3.48. The predicted octanol–water partition coefficient (Wildman–Crippen LogP) is 3.82. The van der Waals surface area contributed by atoms with Crippen LogP contribution in [0.15, 0.2) is 28.6 Å². The molecule has 0 amide bonds. The number of methoxy groups -OCH3 is 2. The van der Waals surface area contributed by atoms with Crippen molar-refractivity contribution in [1.82, 2.24) is 15.2 Å². The lowest BCUT2D eigenvalue weighted by atomic mass is 10.2. The molecule has 0 saturated heterocycles. The topological polar surface area (TPSA) is 59.0 Å². The molecule has 0 spiro atoms. The summed E-state index contributed by atoms with van der Waals surface area (Å²) in [6, 6.07) is 5.59. The smallest absolute Gasteiger partial charge is 0.434 e. The van der Waals surface area contributed by atoms with Gasteiger partial charge in [-0.25, -0.2) is 4.98 Å². The molecular weight excluding hydrogens is 405 g/mol. The van der Waals surface area contributed by atoms with Crippen LogP contribution >= 0.6 is 11.3 Å². The molecule has 1 aromatic heterocycles. The minimum absolute atomic E-state index is 0.331. The molecule has 1 heterocycles. The highest BCUT2D eigenvalue weighted by atomic mass is 32.1. The first-order valence-electron chi connectivity index (χ1n) is 9.00. The van der Waals surface area contributed by atoms with Gasteiger partial charge in [-0.3, -0.25) is 4.99 Å². The average molecular weight is 430 g/mol. The van der Waals surface area contributed by atoms with Crippen molar-refractivity contribution in [2.75, 3.05) is 34.4 Å². The Morgan fingerprint density at radius 1 is 1.28 bits per heavy atom. The maximum absolute atomic E-state index is 12.7. The summed E-state index contributed by atoms with van der Waals surface area (Å²) in [5.74, 6) is 2.06. The Hall–Kier alpha value is -2.49. The number of alkyl halides is 3. The second-order valence-corrected chi connectivity index (χ2v) is 7.09. The Bertz CT molecular complexity index is 824. The number of aliphatic imine (C=N–C) groups is 1. The molecule has 1 N–H and O–H groups in total. The van der Waals surface area contributed by atoms with Gasteiger partial charge in [0.25, 0.3) is 0 Å². The Morgan fingerprint density at radius 2 is 2.03 bits per heavy atom. The van der Waals surface area contributed by atoms with E-state index in [0.717, 1.165) is 22.3 Å². The van der Waals surface area contributed by atoms with Crippen molar-refractivity contribution in [2.45, 2.75) is 26.1 Å². The van der Waals surface area contributed by atoms with Gasteiger partial charge in [-0.15, -0.1) is 11.3 Å². The summed E-state index contributed by atoms with van der Waals surface area (Å²) in [6.07, 6.45) is -4.07. The van der Waals surface area contributed by atoms with Crippen LogP contribution in [0.4, 0.5) is 13.2 Å². The van der Waals surface area contributed by atoms with E-state index in [9.17, 15) is 13.2 Å². The molecule has 0 bridgehead atoms. The third-order valence-corrected chi connectivity index (χ3v) is 4.94. The predicted molar refractivity (Wildman–Crippen MR) is 108 cm³/mol. The minimum Gasteiger partial charge on any atom is -0.497 e. The second-order valence-electron chi connectivity index (χ2n) is 6.14. The van der Waals surface area contributed by atoms with Crippen LogP contribution in [0.25, 0.3) is 0 Å². The number of nitrogens with zero attached hydrogens (tertiary/aromatic N) is 3. The monoisotopic (exact) mass is 430 g/mol. The molecule has 0 fully saturated rings. The standard InChI is InChI=1S/C19H25F3N4O2S/c1-5-23-18(24-9-8-17-25-16(12-29-17)19(20,21)22)26(2)11-13-6-7-14(27-3)10-15(13)28-4/h6-7,10,12H,5,8-9,11H2,1-4H3,(H,23,24). The number of hydrogen-bond acceptors (Lipinski definition) is 5. The number of guanidine groups is 1. The molecule has 0 saturated carbocycles. The van der Waals surface area contributed by atoms with Crippen molar-refractivity contribution >= 4 is 17.3 Å². The van der Waals surface area contributed by atoms with Crippen LogP contribution in [-0.2, 0) is 19.1 Å². The number of aromatic nitrogens is 1. The number of hydrogen-bond donors (Lipinski definition) is 1. The van der Waals surface area contributed by atoms with Gasteiger partial charge in [0, 0.05) is 50.1 Å². The molecule has 0 aliphatic rings. The fourth-order valence-electron chi connectivity index (χ4n) is 2.60. The summed E-state index contributed by atoms with van der Waals surface area (Å²) < 4.78 is 48.6.